The average Bonchev–Trinajstić information content (AvgIpc) is 3.36. The lowest BCUT2D eigenvalue weighted by atomic mass is 9.99. The van der Waals surface area contributed by atoms with Gasteiger partial charge in [0, 0.05) is 6.42 Å². The lowest BCUT2D eigenvalue weighted by Crippen LogP contribution is -2.60. The molecule has 9 nitrogen and oxygen atoms in total. The van der Waals surface area contributed by atoms with E-state index < -0.39 is 49.5 Å². The molecule has 0 aliphatic carbocycles. The fourth-order valence-corrected chi connectivity index (χ4v) is 9.51. The normalized spacial score (nSPS) is 19.7. The van der Waals surface area contributed by atoms with Gasteiger partial charge in [0.2, 0.25) is 5.91 Å². The van der Waals surface area contributed by atoms with Gasteiger partial charge in [-0.1, -0.05) is 268 Å². The zero-order valence-corrected chi connectivity index (χ0v) is 45.5. The minimum absolute atomic E-state index is 0.135. The van der Waals surface area contributed by atoms with Gasteiger partial charge in [-0.05, 0) is 51.4 Å². The van der Waals surface area contributed by atoms with Gasteiger partial charge in [-0.25, -0.2) is 0 Å². The van der Waals surface area contributed by atoms with E-state index in [0.717, 1.165) is 64.2 Å². The number of allylic oxidation sites excluding steroid dienone is 8. The molecule has 7 atom stereocenters. The topological polar surface area (TPSA) is 149 Å². The van der Waals surface area contributed by atoms with E-state index in [9.17, 15) is 30.3 Å². The number of unbranched alkanes of at least 4 members (excludes halogenated alkanes) is 33. The number of carbonyl (C=O) groups is 1. The molecule has 0 spiro atoms. The van der Waals surface area contributed by atoms with Gasteiger partial charge in [0.05, 0.1) is 25.4 Å². The zero-order valence-electron chi connectivity index (χ0n) is 45.5. The molecule has 410 valence electrons. The lowest BCUT2D eigenvalue weighted by Gasteiger charge is -2.40. The van der Waals surface area contributed by atoms with Crippen LogP contribution in [0, 0.1) is 0 Å². The van der Waals surface area contributed by atoms with Crippen LogP contribution in [0.2, 0.25) is 0 Å². The van der Waals surface area contributed by atoms with Crippen molar-refractivity contribution in [2.24, 2.45) is 0 Å². The number of nitrogens with one attached hydrogen (secondary N) is 1. The average molecular weight is 989 g/mol. The van der Waals surface area contributed by atoms with Crippen molar-refractivity contribution >= 4 is 5.91 Å². The van der Waals surface area contributed by atoms with Crippen LogP contribution in [-0.4, -0.2) is 87.5 Å². The molecule has 9 heteroatoms. The van der Waals surface area contributed by atoms with E-state index in [-0.39, 0.29) is 12.5 Å². The smallest absolute Gasteiger partial charge is 0.220 e. The highest BCUT2D eigenvalue weighted by Gasteiger charge is 2.44. The molecule has 6 N–H and O–H groups in total. The summed E-state index contributed by atoms with van der Waals surface area (Å²) in [5.74, 6) is -0.143. The number of ether oxygens (including phenoxy) is 2. The second-order valence-corrected chi connectivity index (χ2v) is 20.8. The first-order valence-electron chi connectivity index (χ1n) is 29.8. The Labute approximate surface area is 431 Å². The van der Waals surface area contributed by atoms with Gasteiger partial charge < -0.3 is 40.3 Å². The minimum atomic E-state index is -1.55. The molecule has 1 heterocycles. The van der Waals surface area contributed by atoms with Gasteiger partial charge in [0.1, 0.15) is 24.4 Å². The Hall–Kier alpha value is -1.85. The summed E-state index contributed by atoms with van der Waals surface area (Å²) in [5, 5.41) is 54.3. The molecular weight excluding hydrogens is 875 g/mol. The molecule has 7 unspecified atom stereocenters. The zero-order chi connectivity index (χ0) is 50.8. The molecule has 0 aromatic carbocycles. The van der Waals surface area contributed by atoms with Crippen molar-refractivity contribution in [1.29, 1.82) is 0 Å². The molecule has 1 saturated heterocycles. The van der Waals surface area contributed by atoms with E-state index in [4.69, 9.17) is 9.47 Å². The summed E-state index contributed by atoms with van der Waals surface area (Å²) >= 11 is 0. The van der Waals surface area contributed by atoms with Gasteiger partial charge in [0.15, 0.2) is 6.29 Å². The van der Waals surface area contributed by atoms with E-state index >= 15 is 0 Å². The first-order chi connectivity index (χ1) is 34.3. The molecule has 0 radical (unpaired) electrons. The Kier molecular flexibility index (Phi) is 47.9. The maximum absolute atomic E-state index is 13.0. The van der Waals surface area contributed by atoms with Crippen molar-refractivity contribution in [3.63, 3.8) is 0 Å². The van der Waals surface area contributed by atoms with E-state index in [1.54, 1.807) is 0 Å². The van der Waals surface area contributed by atoms with Crippen LogP contribution in [0.3, 0.4) is 0 Å². The summed E-state index contributed by atoms with van der Waals surface area (Å²) in [4.78, 5) is 13.0. The van der Waals surface area contributed by atoms with E-state index in [0.29, 0.717) is 12.8 Å². The first-order valence-corrected chi connectivity index (χ1v) is 29.8. The Bertz CT molecular complexity index is 1240. The molecule has 1 aliphatic heterocycles. The van der Waals surface area contributed by atoms with Crippen molar-refractivity contribution in [3.05, 3.63) is 48.6 Å². The maximum atomic E-state index is 13.0. The van der Waals surface area contributed by atoms with Crippen LogP contribution in [0.4, 0.5) is 0 Å². The van der Waals surface area contributed by atoms with Crippen molar-refractivity contribution in [2.75, 3.05) is 13.2 Å². The van der Waals surface area contributed by atoms with Crippen molar-refractivity contribution in [1.82, 2.24) is 5.32 Å². The van der Waals surface area contributed by atoms with Gasteiger partial charge in [-0.15, -0.1) is 0 Å². The Morgan fingerprint density at radius 1 is 0.500 bits per heavy atom. The summed E-state index contributed by atoms with van der Waals surface area (Å²) in [6.45, 7) is 3.70. The summed E-state index contributed by atoms with van der Waals surface area (Å²) < 4.78 is 11.2. The third-order valence-corrected chi connectivity index (χ3v) is 14.2. The predicted octanol–water partition coefficient (Wildman–Crippen LogP) is 14.9. The quantitative estimate of drug-likeness (QED) is 0.0261. The van der Waals surface area contributed by atoms with Crippen LogP contribution in [0.15, 0.2) is 48.6 Å². The first kappa shape index (κ1) is 66.2. The molecule has 0 bridgehead atoms. The SMILES string of the molecule is CC/C=C\C/C=C\C/C=C\C/C=C\CCCCCCCCCCCCCCCCCCCCCCCCCCCCC(=O)NC(COC1OC(CO)C(O)C(O)C1O)C(O)CCCCCCCCCC. The van der Waals surface area contributed by atoms with Crippen LogP contribution in [0.5, 0.6) is 0 Å². The van der Waals surface area contributed by atoms with Gasteiger partial charge in [-0.3, -0.25) is 4.79 Å². The highest BCUT2D eigenvalue weighted by Crippen LogP contribution is 2.23. The summed E-state index contributed by atoms with van der Waals surface area (Å²) in [7, 11) is 0. The third-order valence-electron chi connectivity index (χ3n) is 14.2. The number of carbonyl (C=O) groups excluding carboxylic acids is 1. The predicted molar refractivity (Wildman–Crippen MR) is 295 cm³/mol. The Morgan fingerprint density at radius 2 is 0.886 bits per heavy atom. The highest BCUT2D eigenvalue weighted by molar-refractivity contribution is 5.76. The van der Waals surface area contributed by atoms with Crippen LogP contribution >= 0.6 is 0 Å². The number of amides is 1. The summed E-state index contributed by atoms with van der Waals surface area (Å²) in [5.41, 5.74) is 0. The van der Waals surface area contributed by atoms with Crippen LogP contribution in [0.1, 0.15) is 277 Å². The number of hydrogen-bond acceptors (Lipinski definition) is 8. The standard InChI is InChI=1S/C61H113NO8/c1-3-5-7-9-11-13-14-15-16-17-18-19-20-21-22-23-24-25-26-27-28-29-30-31-32-33-34-35-36-37-38-39-40-41-42-43-45-47-49-51-57(65)62-54(55(64)50-48-46-44-12-10-8-6-4-2)53-69-61-60(68)59(67)58(66)56(52-63)70-61/h5,7,11,13,15-16,18-19,54-56,58-61,63-64,66-68H,3-4,6,8-10,12,14,17,20-53H2,1-2H3,(H,62,65)/b7-5-,13-11-,16-15-,19-18-. The molecule has 1 aliphatic rings. The fraction of sp³-hybridized carbons (Fsp3) is 0.852. The molecule has 0 aromatic heterocycles. The van der Waals surface area contributed by atoms with E-state index in [2.05, 4.69) is 67.8 Å². The number of hydrogen-bond donors (Lipinski definition) is 6. The fourth-order valence-electron chi connectivity index (χ4n) is 9.51. The molecule has 70 heavy (non-hydrogen) atoms. The third kappa shape index (κ3) is 39.7. The Morgan fingerprint density at radius 3 is 1.31 bits per heavy atom. The maximum Gasteiger partial charge on any atom is 0.220 e. The Balaban J connectivity index is 1.97. The largest absolute Gasteiger partial charge is 0.394 e. The van der Waals surface area contributed by atoms with Gasteiger partial charge >= 0.3 is 0 Å². The van der Waals surface area contributed by atoms with Gasteiger partial charge in [0.25, 0.3) is 0 Å². The van der Waals surface area contributed by atoms with Crippen LogP contribution in [-0.2, 0) is 14.3 Å². The number of aliphatic hydroxyl groups excluding tert-OH is 5. The van der Waals surface area contributed by atoms with Crippen LogP contribution < -0.4 is 5.32 Å². The van der Waals surface area contributed by atoms with Crippen molar-refractivity contribution < 1.29 is 39.8 Å². The van der Waals surface area contributed by atoms with Crippen molar-refractivity contribution in [2.45, 2.75) is 320 Å². The molecule has 1 amide bonds. The lowest BCUT2D eigenvalue weighted by molar-refractivity contribution is -0.302. The summed E-state index contributed by atoms with van der Waals surface area (Å²) in [6, 6.07) is -0.714. The van der Waals surface area contributed by atoms with Crippen LogP contribution in [0.25, 0.3) is 0 Å². The molecule has 1 rings (SSSR count). The molecular formula is C61H113NO8. The second-order valence-electron chi connectivity index (χ2n) is 20.8. The van der Waals surface area contributed by atoms with E-state index in [1.165, 1.54) is 186 Å². The summed E-state index contributed by atoms with van der Waals surface area (Å²) in [6.07, 6.45) is 60.6. The molecule has 1 fully saturated rings. The number of aliphatic hydroxyl groups is 5. The minimum Gasteiger partial charge on any atom is -0.394 e. The second kappa shape index (κ2) is 50.7. The van der Waals surface area contributed by atoms with E-state index in [1.807, 2.05) is 0 Å². The van der Waals surface area contributed by atoms with Crippen molar-refractivity contribution in [3.8, 4) is 0 Å². The highest BCUT2D eigenvalue weighted by atomic mass is 16.7. The molecule has 0 aromatic rings. The van der Waals surface area contributed by atoms with Gasteiger partial charge in [-0.2, -0.15) is 0 Å². The molecule has 0 saturated carbocycles. The monoisotopic (exact) mass is 988 g/mol. The number of rotatable bonds is 51.